The SMILES string of the molecule is CCCCOc1nc(N)c2nc(OC)n(CCCCCN3CCN(C(C)C)CC3)c2n1. The molecule has 31 heavy (non-hydrogen) atoms. The van der Waals surface area contributed by atoms with Gasteiger partial charge in [-0.3, -0.25) is 9.47 Å². The molecule has 0 aromatic carbocycles. The van der Waals surface area contributed by atoms with E-state index in [2.05, 4.69) is 45.5 Å². The number of nitrogens with zero attached hydrogens (tertiary/aromatic N) is 6. The van der Waals surface area contributed by atoms with Gasteiger partial charge in [0.15, 0.2) is 17.0 Å². The molecule has 1 saturated heterocycles. The molecule has 0 radical (unpaired) electrons. The average molecular weight is 434 g/mol. The molecule has 1 aliphatic heterocycles. The number of aryl methyl sites for hydroxylation is 1. The maximum atomic E-state index is 6.11. The minimum atomic E-state index is 0.308. The van der Waals surface area contributed by atoms with Gasteiger partial charge in [0.2, 0.25) is 0 Å². The predicted octanol–water partition coefficient (Wildman–Crippen LogP) is 2.79. The molecule has 2 N–H and O–H groups in total. The molecule has 9 heteroatoms. The predicted molar refractivity (Wildman–Crippen MR) is 124 cm³/mol. The van der Waals surface area contributed by atoms with Crippen molar-refractivity contribution in [2.75, 3.05) is 52.2 Å². The zero-order valence-electron chi connectivity index (χ0n) is 19.6. The van der Waals surface area contributed by atoms with Gasteiger partial charge in [-0.15, -0.1) is 0 Å². The summed E-state index contributed by atoms with van der Waals surface area (Å²) in [5.74, 6) is 0.328. The summed E-state index contributed by atoms with van der Waals surface area (Å²) < 4.78 is 13.1. The molecule has 2 aromatic heterocycles. The molecular formula is C22H39N7O2. The first-order valence-corrected chi connectivity index (χ1v) is 11.7. The molecule has 0 spiro atoms. The highest BCUT2D eigenvalue weighted by Crippen LogP contribution is 2.26. The van der Waals surface area contributed by atoms with Gasteiger partial charge in [0.25, 0.3) is 6.01 Å². The van der Waals surface area contributed by atoms with Crippen molar-refractivity contribution in [2.24, 2.45) is 0 Å². The number of hydrogen-bond acceptors (Lipinski definition) is 8. The minimum absolute atomic E-state index is 0.308. The number of aromatic nitrogens is 4. The van der Waals surface area contributed by atoms with Crippen LogP contribution in [0, 0.1) is 0 Å². The fourth-order valence-electron chi connectivity index (χ4n) is 4.00. The summed E-state index contributed by atoms with van der Waals surface area (Å²) in [7, 11) is 1.62. The molecule has 0 saturated carbocycles. The first-order valence-electron chi connectivity index (χ1n) is 11.7. The molecule has 1 aliphatic rings. The quantitative estimate of drug-likeness (QED) is 0.511. The summed E-state index contributed by atoms with van der Waals surface area (Å²) >= 11 is 0. The normalized spacial score (nSPS) is 15.8. The fourth-order valence-corrected chi connectivity index (χ4v) is 4.00. The lowest BCUT2D eigenvalue weighted by Gasteiger charge is -2.36. The van der Waals surface area contributed by atoms with Crippen LogP contribution in [-0.4, -0.2) is 81.8 Å². The van der Waals surface area contributed by atoms with E-state index in [0.717, 1.165) is 38.8 Å². The lowest BCUT2D eigenvalue weighted by molar-refractivity contribution is 0.107. The third-order valence-electron chi connectivity index (χ3n) is 5.97. The van der Waals surface area contributed by atoms with E-state index in [1.165, 1.54) is 32.6 Å². The number of fused-ring (bicyclic) bond motifs is 1. The Hall–Kier alpha value is -2.13. The van der Waals surface area contributed by atoms with E-state index in [1.807, 2.05) is 4.57 Å². The van der Waals surface area contributed by atoms with Crippen molar-refractivity contribution in [3.8, 4) is 12.0 Å². The Balaban J connectivity index is 1.53. The number of nitrogens with two attached hydrogens (primary N) is 1. The Morgan fingerprint density at radius 2 is 1.71 bits per heavy atom. The van der Waals surface area contributed by atoms with Gasteiger partial charge in [-0.1, -0.05) is 19.8 Å². The monoisotopic (exact) mass is 433 g/mol. The van der Waals surface area contributed by atoms with Crippen molar-refractivity contribution in [2.45, 2.75) is 65.5 Å². The van der Waals surface area contributed by atoms with E-state index in [9.17, 15) is 0 Å². The van der Waals surface area contributed by atoms with Gasteiger partial charge in [-0.05, 0) is 39.7 Å². The zero-order chi connectivity index (χ0) is 22.2. The van der Waals surface area contributed by atoms with Crippen molar-refractivity contribution < 1.29 is 9.47 Å². The molecule has 9 nitrogen and oxygen atoms in total. The van der Waals surface area contributed by atoms with Crippen molar-refractivity contribution in [1.29, 1.82) is 0 Å². The van der Waals surface area contributed by atoms with Gasteiger partial charge >= 0.3 is 6.01 Å². The molecule has 0 amide bonds. The summed E-state index contributed by atoms with van der Waals surface area (Å²) in [5.41, 5.74) is 7.37. The van der Waals surface area contributed by atoms with Gasteiger partial charge in [-0.2, -0.15) is 15.0 Å². The highest BCUT2D eigenvalue weighted by molar-refractivity contribution is 5.83. The topological polar surface area (TPSA) is 94.6 Å². The van der Waals surface area contributed by atoms with Gasteiger partial charge < -0.3 is 20.1 Å². The Kier molecular flexibility index (Phi) is 8.71. The molecule has 0 unspecified atom stereocenters. The van der Waals surface area contributed by atoms with E-state index in [0.29, 0.717) is 41.7 Å². The number of nitrogen functional groups attached to an aromatic ring is 1. The highest BCUT2D eigenvalue weighted by Gasteiger charge is 2.19. The lowest BCUT2D eigenvalue weighted by atomic mass is 10.2. The Bertz CT molecular complexity index is 816. The van der Waals surface area contributed by atoms with Crippen LogP contribution in [0.1, 0.15) is 52.9 Å². The van der Waals surface area contributed by atoms with Gasteiger partial charge in [0.05, 0.1) is 13.7 Å². The maximum absolute atomic E-state index is 6.11. The molecule has 3 rings (SSSR count). The number of hydrogen-bond donors (Lipinski definition) is 1. The van der Waals surface area contributed by atoms with E-state index < -0.39 is 0 Å². The zero-order valence-corrected chi connectivity index (χ0v) is 19.6. The van der Waals surface area contributed by atoms with Gasteiger partial charge in [-0.25, -0.2) is 0 Å². The second kappa shape index (κ2) is 11.5. The number of piperazine rings is 1. The Morgan fingerprint density at radius 1 is 0.968 bits per heavy atom. The number of imidazole rings is 1. The van der Waals surface area contributed by atoms with Crippen LogP contribution in [-0.2, 0) is 6.54 Å². The summed E-state index contributed by atoms with van der Waals surface area (Å²) in [5, 5.41) is 0. The number of ether oxygens (including phenoxy) is 2. The molecule has 3 heterocycles. The second-order valence-electron chi connectivity index (χ2n) is 8.55. The van der Waals surface area contributed by atoms with Crippen LogP contribution in [0.5, 0.6) is 12.0 Å². The Labute approximate surface area is 185 Å². The van der Waals surface area contributed by atoms with Crippen LogP contribution in [0.4, 0.5) is 5.82 Å². The smallest absolute Gasteiger partial charge is 0.320 e. The summed E-state index contributed by atoms with van der Waals surface area (Å²) in [6.45, 7) is 13.9. The number of anilines is 1. The molecule has 0 bridgehead atoms. The minimum Gasteiger partial charge on any atom is -0.468 e. The second-order valence-corrected chi connectivity index (χ2v) is 8.55. The van der Waals surface area contributed by atoms with Crippen LogP contribution in [0.25, 0.3) is 11.2 Å². The first kappa shape index (κ1) is 23.5. The molecule has 174 valence electrons. The van der Waals surface area contributed by atoms with Crippen molar-refractivity contribution in [3.63, 3.8) is 0 Å². The fraction of sp³-hybridized carbons (Fsp3) is 0.773. The number of unbranched alkanes of at least 4 members (excludes halogenated alkanes) is 3. The highest BCUT2D eigenvalue weighted by atomic mass is 16.5. The molecule has 2 aromatic rings. The molecular weight excluding hydrogens is 394 g/mol. The van der Waals surface area contributed by atoms with E-state index in [1.54, 1.807) is 7.11 Å². The van der Waals surface area contributed by atoms with Crippen LogP contribution >= 0.6 is 0 Å². The number of methoxy groups -OCH3 is 1. The average Bonchev–Trinajstić information content (AvgIpc) is 3.12. The molecule has 0 aliphatic carbocycles. The van der Waals surface area contributed by atoms with E-state index in [4.69, 9.17) is 15.2 Å². The van der Waals surface area contributed by atoms with Crippen LogP contribution in [0.15, 0.2) is 0 Å². The van der Waals surface area contributed by atoms with Crippen molar-refractivity contribution in [1.82, 2.24) is 29.3 Å². The van der Waals surface area contributed by atoms with Gasteiger partial charge in [0, 0.05) is 38.8 Å². The van der Waals surface area contributed by atoms with E-state index >= 15 is 0 Å². The van der Waals surface area contributed by atoms with Crippen LogP contribution in [0.3, 0.4) is 0 Å². The largest absolute Gasteiger partial charge is 0.468 e. The lowest BCUT2D eigenvalue weighted by Crippen LogP contribution is -2.48. The third-order valence-corrected chi connectivity index (χ3v) is 5.97. The maximum Gasteiger partial charge on any atom is 0.320 e. The summed E-state index contributed by atoms with van der Waals surface area (Å²) in [4.78, 5) is 18.4. The van der Waals surface area contributed by atoms with Crippen LogP contribution < -0.4 is 15.2 Å². The van der Waals surface area contributed by atoms with Crippen LogP contribution in [0.2, 0.25) is 0 Å². The van der Waals surface area contributed by atoms with Crippen molar-refractivity contribution >= 4 is 17.0 Å². The van der Waals surface area contributed by atoms with Gasteiger partial charge in [0.1, 0.15) is 0 Å². The summed E-state index contributed by atoms with van der Waals surface area (Å²) in [6.07, 6.45) is 5.38. The van der Waals surface area contributed by atoms with Crippen molar-refractivity contribution in [3.05, 3.63) is 0 Å². The standard InChI is InChI=1S/C22H39N7O2/c1-5-6-16-31-21-25-19(23)18-20(26-21)29(22(24-18)30-4)11-9-7-8-10-27-12-14-28(15-13-27)17(2)3/h17H,5-16H2,1-4H3,(H2,23,25,26). The summed E-state index contributed by atoms with van der Waals surface area (Å²) in [6, 6.07) is 1.48. The molecule has 1 fully saturated rings. The Morgan fingerprint density at radius 3 is 2.39 bits per heavy atom. The number of rotatable bonds is 12. The first-order chi connectivity index (χ1) is 15.0. The molecule has 0 atom stereocenters. The van der Waals surface area contributed by atoms with E-state index in [-0.39, 0.29) is 0 Å². The third kappa shape index (κ3) is 6.20.